The Bertz CT molecular complexity index is 2500. The van der Waals surface area contributed by atoms with Crippen LogP contribution < -0.4 is 9.47 Å². The topological polar surface area (TPSA) is 75.8 Å². The predicted molar refractivity (Wildman–Crippen MR) is 283 cm³/mol. The van der Waals surface area contributed by atoms with E-state index in [-0.39, 0.29) is 0 Å². The lowest BCUT2D eigenvalue weighted by Crippen LogP contribution is -1.97. The van der Waals surface area contributed by atoms with Gasteiger partial charge in [-0.05, 0) is 158 Å². The van der Waals surface area contributed by atoms with E-state index in [1.54, 1.807) is 0 Å². The lowest BCUT2D eigenvalue weighted by atomic mass is 9.95. The summed E-state index contributed by atoms with van der Waals surface area (Å²) < 4.78 is 12.6. The number of aromatic amines is 2. The number of aryl methyl sites for hydroxylation is 4. The number of aromatic nitrogens is 4. The minimum atomic E-state index is 0.746. The van der Waals surface area contributed by atoms with E-state index < -0.39 is 0 Å². The second-order valence-electron chi connectivity index (χ2n) is 18.7. The molecule has 2 aliphatic heterocycles. The Morgan fingerprint density at radius 1 is 0.439 bits per heavy atom. The molecule has 6 nitrogen and oxygen atoms in total. The molecule has 7 rings (SSSR count). The van der Waals surface area contributed by atoms with Crippen LogP contribution in [0.15, 0.2) is 60.7 Å². The van der Waals surface area contributed by atoms with Crippen molar-refractivity contribution in [3.05, 3.63) is 106 Å². The third-order valence-electron chi connectivity index (χ3n) is 14.3. The summed E-state index contributed by atoms with van der Waals surface area (Å²) >= 11 is 0. The van der Waals surface area contributed by atoms with Gasteiger partial charge in [0.25, 0.3) is 0 Å². The number of benzene rings is 2. The molecular weight excluding hydrogens is 809 g/mol. The molecule has 5 aromatic rings. The average Bonchev–Trinajstić information content (AvgIpc) is 4.02. The van der Waals surface area contributed by atoms with Crippen molar-refractivity contribution in [3.63, 3.8) is 0 Å². The van der Waals surface area contributed by atoms with E-state index in [0.29, 0.717) is 0 Å². The molecule has 0 unspecified atom stereocenters. The number of hydrogen-bond acceptors (Lipinski definition) is 4. The van der Waals surface area contributed by atoms with Crippen LogP contribution in [-0.2, 0) is 12.8 Å². The predicted octanol–water partition coefficient (Wildman–Crippen LogP) is 17.6. The van der Waals surface area contributed by atoms with Gasteiger partial charge >= 0.3 is 0 Å². The van der Waals surface area contributed by atoms with Gasteiger partial charge in [0.2, 0.25) is 0 Å². The Morgan fingerprint density at radius 3 is 1.15 bits per heavy atom. The first-order chi connectivity index (χ1) is 32.2. The minimum Gasteiger partial charge on any atom is -0.494 e. The van der Waals surface area contributed by atoms with Crippen LogP contribution in [0.3, 0.4) is 0 Å². The molecule has 0 atom stereocenters. The number of nitrogens with zero attached hydrogens (tertiary/aromatic N) is 2. The maximum atomic E-state index is 6.29. The molecule has 2 aliphatic rings. The van der Waals surface area contributed by atoms with Crippen LogP contribution in [0.5, 0.6) is 11.5 Å². The van der Waals surface area contributed by atoms with Crippen molar-refractivity contribution >= 4 is 44.4 Å². The summed E-state index contributed by atoms with van der Waals surface area (Å²) in [6, 6.07) is 22.1. The van der Waals surface area contributed by atoms with Gasteiger partial charge in [-0.3, -0.25) is 0 Å². The molecule has 5 heterocycles. The molecule has 3 aromatic heterocycles. The zero-order chi connectivity index (χ0) is 46.7. The fraction of sp³-hybridized carbons (Fsp3) is 0.467. The highest BCUT2D eigenvalue weighted by molar-refractivity contribution is 6.03. The highest BCUT2D eigenvalue weighted by atomic mass is 16.5. The molecule has 8 bridgehead atoms. The second kappa shape index (κ2) is 22.9. The molecule has 0 aliphatic carbocycles. The van der Waals surface area contributed by atoms with Crippen molar-refractivity contribution in [2.45, 2.75) is 172 Å². The molecule has 66 heavy (non-hydrogen) atoms. The molecule has 2 N–H and O–H groups in total. The summed E-state index contributed by atoms with van der Waals surface area (Å²) in [5, 5.41) is 0. The van der Waals surface area contributed by atoms with Gasteiger partial charge in [0.15, 0.2) is 0 Å². The van der Waals surface area contributed by atoms with Gasteiger partial charge in [0.1, 0.15) is 11.5 Å². The van der Waals surface area contributed by atoms with Crippen molar-refractivity contribution in [1.29, 1.82) is 0 Å². The van der Waals surface area contributed by atoms with Gasteiger partial charge in [-0.25, -0.2) is 9.97 Å². The van der Waals surface area contributed by atoms with Crippen LogP contribution in [0.25, 0.3) is 66.6 Å². The van der Waals surface area contributed by atoms with E-state index >= 15 is 0 Å². The summed E-state index contributed by atoms with van der Waals surface area (Å²) in [5.41, 5.74) is 23.2. The Labute approximate surface area is 396 Å². The van der Waals surface area contributed by atoms with Gasteiger partial charge in [-0.2, -0.15) is 0 Å². The smallest absolute Gasteiger partial charge is 0.119 e. The van der Waals surface area contributed by atoms with E-state index in [1.165, 1.54) is 109 Å². The number of ether oxygens (including phenoxy) is 2. The lowest BCUT2D eigenvalue weighted by molar-refractivity contribution is 0.304. The number of rotatable bonds is 22. The van der Waals surface area contributed by atoms with Crippen LogP contribution in [0.4, 0.5) is 0 Å². The van der Waals surface area contributed by atoms with E-state index in [2.05, 4.69) is 140 Å². The number of allylic oxidation sites excluding steroid dienone is 4. The van der Waals surface area contributed by atoms with Gasteiger partial charge in [0, 0.05) is 22.2 Å². The number of hydrogen-bond donors (Lipinski definition) is 2. The van der Waals surface area contributed by atoms with E-state index in [0.717, 1.165) is 130 Å². The molecule has 0 saturated carbocycles. The molecule has 0 saturated heterocycles. The number of H-pyrrole nitrogens is 2. The normalized spacial score (nSPS) is 12.8. The van der Waals surface area contributed by atoms with Crippen molar-refractivity contribution in [1.82, 2.24) is 19.9 Å². The quantitative estimate of drug-likeness (QED) is 0.0679. The van der Waals surface area contributed by atoms with Gasteiger partial charge in [0.05, 0.1) is 47.0 Å². The van der Waals surface area contributed by atoms with Crippen LogP contribution in [0.2, 0.25) is 0 Å². The zero-order valence-electron chi connectivity index (χ0n) is 42.2. The van der Waals surface area contributed by atoms with Crippen LogP contribution in [-0.4, -0.2) is 33.1 Å². The number of unbranched alkanes of at least 4 members (excludes halogenated alkanes) is 10. The summed E-state index contributed by atoms with van der Waals surface area (Å²) in [5.74, 6) is 1.83. The van der Waals surface area contributed by atoms with E-state index in [4.69, 9.17) is 19.4 Å². The fourth-order valence-corrected chi connectivity index (χ4v) is 10.5. The third kappa shape index (κ3) is 10.4. The molecule has 6 heteroatoms. The first-order valence-corrected chi connectivity index (χ1v) is 25.8. The molecule has 0 radical (unpaired) electrons. The monoisotopic (exact) mass is 887 g/mol. The zero-order valence-corrected chi connectivity index (χ0v) is 42.2. The fourth-order valence-electron chi connectivity index (χ4n) is 10.5. The highest BCUT2D eigenvalue weighted by Gasteiger charge is 2.26. The van der Waals surface area contributed by atoms with Crippen LogP contribution in [0, 0.1) is 13.8 Å². The van der Waals surface area contributed by atoms with Gasteiger partial charge in [-0.1, -0.05) is 130 Å². The average molecular weight is 887 g/mol. The Morgan fingerprint density at radius 2 is 0.803 bits per heavy atom. The van der Waals surface area contributed by atoms with Gasteiger partial charge in [-0.15, -0.1) is 0 Å². The standard InChI is InChI=1S/C60H78N4O2/c1-11-17-19-21-23-25-35-65-45-31-27-43(28-32-45)55-57-39(7)47(13-3)51(61-57)37-53-49(15-5)41(9)59(63-53)56(44-29-33-46(34-30-44)66-36-26-24-22-20-18-12-2)60-42(10)50(16-6)54(64-60)38-52-48(14-4)40(8)58(55)62-52/h27-34,37-38,61,64H,11-26,35-36H2,1-10H3. The highest BCUT2D eigenvalue weighted by Crippen LogP contribution is 2.44. The molecule has 0 spiro atoms. The molecular formula is C60H78N4O2. The van der Waals surface area contributed by atoms with Crippen molar-refractivity contribution < 1.29 is 9.47 Å². The lowest BCUT2D eigenvalue weighted by Gasteiger charge is -2.10. The summed E-state index contributed by atoms with van der Waals surface area (Å²) in [7, 11) is 0. The maximum Gasteiger partial charge on any atom is 0.119 e. The van der Waals surface area contributed by atoms with Crippen molar-refractivity contribution in [2.75, 3.05) is 13.2 Å². The number of fused-ring (bicyclic) bond motifs is 8. The van der Waals surface area contributed by atoms with E-state index in [1.807, 2.05) is 0 Å². The molecule has 350 valence electrons. The van der Waals surface area contributed by atoms with Crippen LogP contribution in [0.1, 0.15) is 190 Å². The van der Waals surface area contributed by atoms with Gasteiger partial charge < -0.3 is 19.4 Å². The summed E-state index contributed by atoms with van der Waals surface area (Å²) in [6.45, 7) is 24.2. The SMILES string of the molecule is CCCCCCCCOc1ccc(-c2c3nc(cc4[nH]c(c(C)c4CC)c(-c4ccc(OCCCCCCCC)cc4)c4nc(cc5[nH]c2c(C)c5CC)C(CC)=C4C)C(CC)=C3C)cc1. The first kappa shape index (κ1) is 48.6. The Kier molecular flexibility index (Phi) is 16.8. The largest absolute Gasteiger partial charge is 0.494 e. The van der Waals surface area contributed by atoms with Crippen molar-refractivity contribution in [3.8, 4) is 33.8 Å². The summed E-state index contributed by atoms with van der Waals surface area (Å²) in [6.07, 6.45) is 18.5. The maximum absolute atomic E-state index is 6.29. The number of nitrogens with one attached hydrogen (secondary N) is 2. The Hall–Kier alpha value is -5.36. The molecule has 2 aromatic carbocycles. The molecule has 0 amide bonds. The Balaban J connectivity index is 1.43. The first-order valence-electron chi connectivity index (χ1n) is 25.8. The second-order valence-corrected chi connectivity index (χ2v) is 18.7. The van der Waals surface area contributed by atoms with Crippen molar-refractivity contribution in [2.24, 2.45) is 0 Å². The van der Waals surface area contributed by atoms with Crippen LogP contribution >= 0.6 is 0 Å². The van der Waals surface area contributed by atoms with E-state index in [9.17, 15) is 0 Å². The molecule has 0 fully saturated rings. The summed E-state index contributed by atoms with van der Waals surface area (Å²) in [4.78, 5) is 19.3. The third-order valence-corrected chi connectivity index (χ3v) is 14.3. The minimum absolute atomic E-state index is 0.746.